The number of anilines is 1. The molecule has 96 valence electrons. The van der Waals surface area contributed by atoms with Crippen LogP contribution < -0.4 is 10.1 Å². The van der Waals surface area contributed by atoms with Gasteiger partial charge >= 0.3 is 0 Å². The van der Waals surface area contributed by atoms with Gasteiger partial charge in [-0.25, -0.2) is 4.98 Å². The van der Waals surface area contributed by atoms with Crippen molar-refractivity contribution < 1.29 is 9.84 Å². The summed E-state index contributed by atoms with van der Waals surface area (Å²) in [6.45, 7) is 9.61. The molecule has 1 aromatic heterocycles. The zero-order valence-corrected chi connectivity index (χ0v) is 11.5. The Morgan fingerprint density at radius 1 is 1.24 bits per heavy atom. The highest BCUT2D eigenvalue weighted by Gasteiger charge is 2.22. The first kappa shape index (κ1) is 13.8. The minimum Gasteiger partial charge on any atom is -0.496 e. The highest BCUT2D eigenvalue weighted by Crippen LogP contribution is 2.30. The van der Waals surface area contributed by atoms with Crippen molar-refractivity contribution in [3.63, 3.8) is 0 Å². The highest BCUT2D eigenvalue weighted by atomic mass is 16.5. The number of nitrogens with zero attached hydrogens (tertiary/aromatic N) is 1. The molecule has 0 atom stereocenters. The molecule has 0 saturated heterocycles. The lowest BCUT2D eigenvalue weighted by Crippen LogP contribution is -2.27. The topological polar surface area (TPSA) is 54.4 Å². The molecule has 0 fully saturated rings. The molecular weight excluding hydrogens is 216 g/mol. The van der Waals surface area contributed by atoms with Crippen LogP contribution in [-0.2, 0) is 5.60 Å². The summed E-state index contributed by atoms with van der Waals surface area (Å²) in [7, 11) is 1.59. The van der Waals surface area contributed by atoms with E-state index in [-0.39, 0.29) is 5.54 Å². The molecule has 1 aromatic rings. The summed E-state index contributed by atoms with van der Waals surface area (Å²) >= 11 is 0. The summed E-state index contributed by atoms with van der Waals surface area (Å²) in [5.74, 6) is 1.38. The van der Waals surface area contributed by atoms with E-state index < -0.39 is 5.60 Å². The molecule has 1 heterocycles. The molecule has 0 spiro atoms. The van der Waals surface area contributed by atoms with Crippen LogP contribution >= 0.6 is 0 Å². The Kier molecular flexibility index (Phi) is 3.67. The van der Waals surface area contributed by atoms with Gasteiger partial charge in [0.1, 0.15) is 11.6 Å². The van der Waals surface area contributed by atoms with E-state index in [9.17, 15) is 5.11 Å². The average Bonchev–Trinajstić information content (AvgIpc) is 2.13. The van der Waals surface area contributed by atoms with Gasteiger partial charge in [-0.3, -0.25) is 0 Å². The molecule has 1 rings (SSSR count). The largest absolute Gasteiger partial charge is 0.496 e. The average molecular weight is 238 g/mol. The Hall–Kier alpha value is -1.29. The number of ether oxygens (including phenoxy) is 1. The van der Waals surface area contributed by atoms with Crippen molar-refractivity contribution in [1.82, 2.24) is 4.98 Å². The van der Waals surface area contributed by atoms with Crippen LogP contribution in [0.15, 0.2) is 12.3 Å². The van der Waals surface area contributed by atoms with E-state index >= 15 is 0 Å². The first-order valence-corrected chi connectivity index (χ1v) is 5.68. The van der Waals surface area contributed by atoms with Crippen molar-refractivity contribution in [3.05, 3.63) is 17.8 Å². The molecule has 0 radical (unpaired) electrons. The Morgan fingerprint density at radius 3 is 2.24 bits per heavy atom. The minimum atomic E-state index is -0.960. The molecule has 0 aliphatic carbocycles. The maximum atomic E-state index is 9.98. The number of aromatic nitrogens is 1. The van der Waals surface area contributed by atoms with Gasteiger partial charge in [-0.05, 0) is 34.6 Å². The first-order chi connectivity index (χ1) is 7.63. The Balaban J connectivity index is 3.09. The number of hydrogen-bond donors (Lipinski definition) is 2. The van der Waals surface area contributed by atoms with Crippen molar-refractivity contribution in [1.29, 1.82) is 0 Å². The Bertz CT molecular complexity index is 389. The van der Waals surface area contributed by atoms with Gasteiger partial charge in [-0.15, -0.1) is 0 Å². The second-order valence-corrected chi connectivity index (χ2v) is 5.70. The number of pyridine rings is 1. The normalized spacial score (nSPS) is 12.4. The molecule has 17 heavy (non-hydrogen) atoms. The summed E-state index contributed by atoms with van der Waals surface area (Å²) in [6.07, 6.45) is 1.65. The zero-order chi connectivity index (χ0) is 13.3. The van der Waals surface area contributed by atoms with Crippen molar-refractivity contribution >= 4 is 5.82 Å². The van der Waals surface area contributed by atoms with Crippen LogP contribution in [-0.4, -0.2) is 22.7 Å². The van der Waals surface area contributed by atoms with Crippen LogP contribution in [0.3, 0.4) is 0 Å². The summed E-state index contributed by atoms with van der Waals surface area (Å²) in [5, 5.41) is 13.2. The van der Waals surface area contributed by atoms with Crippen LogP contribution in [0.2, 0.25) is 0 Å². The van der Waals surface area contributed by atoms with Crippen LogP contribution in [0.25, 0.3) is 0 Å². The second-order valence-electron chi connectivity index (χ2n) is 5.70. The van der Waals surface area contributed by atoms with E-state index in [1.807, 2.05) is 0 Å². The molecule has 0 amide bonds. The monoisotopic (exact) mass is 238 g/mol. The van der Waals surface area contributed by atoms with E-state index in [2.05, 4.69) is 31.1 Å². The second kappa shape index (κ2) is 4.53. The van der Waals surface area contributed by atoms with Gasteiger partial charge in [-0.2, -0.15) is 0 Å². The summed E-state index contributed by atoms with van der Waals surface area (Å²) in [6, 6.07) is 1.80. The van der Waals surface area contributed by atoms with Crippen molar-refractivity contribution in [2.45, 2.75) is 45.8 Å². The fourth-order valence-corrected chi connectivity index (χ4v) is 1.52. The zero-order valence-electron chi connectivity index (χ0n) is 11.5. The van der Waals surface area contributed by atoms with E-state index in [1.165, 1.54) is 0 Å². The standard InChI is InChI=1S/C13H22N2O2/c1-12(2,3)15-11-7-10(17-6)9(8-14-11)13(4,5)16/h7-8,16H,1-6H3,(H,14,15). The minimum absolute atomic E-state index is 0.0612. The van der Waals surface area contributed by atoms with E-state index in [1.54, 1.807) is 33.2 Å². The van der Waals surface area contributed by atoms with Crippen LogP contribution in [0.5, 0.6) is 5.75 Å². The van der Waals surface area contributed by atoms with Gasteiger partial charge in [0, 0.05) is 23.4 Å². The number of nitrogens with one attached hydrogen (secondary N) is 1. The molecule has 0 unspecified atom stereocenters. The lowest BCUT2D eigenvalue weighted by molar-refractivity contribution is 0.0753. The fourth-order valence-electron chi connectivity index (χ4n) is 1.52. The van der Waals surface area contributed by atoms with Crippen molar-refractivity contribution in [2.24, 2.45) is 0 Å². The molecule has 0 aromatic carbocycles. The predicted molar refractivity (Wildman–Crippen MR) is 69.4 cm³/mol. The lowest BCUT2D eigenvalue weighted by atomic mass is 9.99. The lowest BCUT2D eigenvalue weighted by Gasteiger charge is -2.24. The molecule has 2 N–H and O–H groups in total. The summed E-state index contributed by atoms with van der Waals surface area (Å²) < 4.78 is 5.29. The highest BCUT2D eigenvalue weighted by molar-refractivity contribution is 5.47. The number of rotatable bonds is 3. The van der Waals surface area contributed by atoms with Crippen LogP contribution in [0, 0.1) is 0 Å². The third kappa shape index (κ3) is 3.89. The maximum absolute atomic E-state index is 9.98. The Labute approximate surface area is 103 Å². The molecule has 0 bridgehead atoms. The molecule has 4 nitrogen and oxygen atoms in total. The fraction of sp³-hybridized carbons (Fsp3) is 0.615. The van der Waals surface area contributed by atoms with Gasteiger partial charge in [0.2, 0.25) is 0 Å². The smallest absolute Gasteiger partial charge is 0.130 e. The quantitative estimate of drug-likeness (QED) is 0.849. The van der Waals surface area contributed by atoms with E-state index in [4.69, 9.17) is 4.74 Å². The van der Waals surface area contributed by atoms with E-state index in [0.29, 0.717) is 11.3 Å². The van der Waals surface area contributed by atoms with Gasteiger partial charge in [0.15, 0.2) is 0 Å². The van der Waals surface area contributed by atoms with Gasteiger partial charge < -0.3 is 15.2 Å². The van der Waals surface area contributed by atoms with Gasteiger partial charge in [-0.1, -0.05) is 0 Å². The van der Waals surface area contributed by atoms with Crippen molar-refractivity contribution in [2.75, 3.05) is 12.4 Å². The molecule has 0 aliphatic heterocycles. The first-order valence-electron chi connectivity index (χ1n) is 5.68. The van der Waals surface area contributed by atoms with Gasteiger partial charge in [0.05, 0.1) is 12.7 Å². The number of hydrogen-bond acceptors (Lipinski definition) is 4. The molecule has 0 aliphatic rings. The SMILES string of the molecule is COc1cc(NC(C)(C)C)ncc1C(C)(C)O. The molecule has 4 heteroatoms. The van der Waals surface area contributed by atoms with E-state index in [0.717, 1.165) is 5.82 Å². The van der Waals surface area contributed by atoms with Crippen LogP contribution in [0.4, 0.5) is 5.82 Å². The molecular formula is C13H22N2O2. The summed E-state index contributed by atoms with van der Waals surface area (Å²) in [5.41, 5.74) is -0.341. The Morgan fingerprint density at radius 2 is 1.82 bits per heavy atom. The van der Waals surface area contributed by atoms with Crippen molar-refractivity contribution in [3.8, 4) is 5.75 Å². The van der Waals surface area contributed by atoms with Gasteiger partial charge in [0.25, 0.3) is 0 Å². The maximum Gasteiger partial charge on any atom is 0.130 e. The predicted octanol–water partition coefficient (Wildman–Crippen LogP) is 2.53. The third-order valence-corrected chi connectivity index (χ3v) is 2.25. The number of methoxy groups -OCH3 is 1. The molecule has 0 saturated carbocycles. The summed E-state index contributed by atoms with van der Waals surface area (Å²) in [4.78, 5) is 4.29. The van der Waals surface area contributed by atoms with Crippen LogP contribution in [0.1, 0.15) is 40.2 Å². The number of aliphatic hydroxyl groups is 1. The third-order valence-electron chi connectivity index (χ3n) is 2.25.